The van der Waals surface area contributed by atoms with E-state index in [9.17, 15) is 9.18 Å². The van der Waals surface area contributed by atoms with E-state index in [1.807, 2.05) is 18.4 Å². The minimum absolute atomic E-state index is 0.00965. The van der Waals surface area contributed by atoms with Gasteiger partial charge in [-0.25, -0.2) is 14.2 Å². The minimum atomic E-state index is -0.502. The third kappa shape index (κ3) is 4.79. The van der Waals surface area contributed by atoms with Gasteiger partial charge >= 0.3 is 5.97 Å². The Bertz CT molecular complexity index is 1100. The summed E-state index contributed by atoms with van der Waals surface area (Å²) in [6, 6.07) is 7.99. The van der Waals surface area contributed by atoms with Crippen molar-refractivity contribution in [3.05, 3.63) is 62.6 Å². The number of halogens is 4. The lowest BCUT2D eigenvalue weighted by Gasteiger charge is -2.15. The first-order chi connectivity index (χ1) is 14.2. The fourth-order valence-electron chi connectivity index (χ4n) is 2.83. The molecule has 0 saturated carbocycles. The van der Waals surface area contributed by atoms with Crippen molar-refractivity contribution in [2.75, 3.05) is 11.9 Å². The molecule has 3 aromatic rings. The van der Waals surface area contributed by atoms with Crippen molar-refractivity contribution in [2.24, 2.45) is 0 Å². The lowest BCUT2D eigenvalue weighted by molar-refractivity contribution is 0.0520. The molecule has 0 bridgehead atoms. The Labute approximate surface area is 192 Å². The van der Waals surface area contributed by atoms with Crippen LogP contribution in [0.15, 0.2) is 41.0 Å². The van der Waals surface area contributed by atoms with Crippen LogP contribution in [0.4, 0.5) is 16.0 Å². The summed E-state index contributed by atoms with van der Waals surface area (Å²) in [5, 5.41) is 3.71. The van der Waals surface area contributed by atoms with Crippen molar-refractivity contribution >= 4 is 56.7 Å². The number of aromatic nitrogens is 2. The zero-order chi connectivity index (χ0) is 22.0. The molecular weight excluding hydrogens is 496 g/mol. The van der Waals surface area contributed by atoms with Crippen molar-refractivity contribution in [3.8, 4) is 11.1 Å². The van der Waals surface area contributed by atoms with Crippen LogP contribution in [0.3, 0.4) is 0 Å². The van der Waals surface area contributed by atoms with Crippen LogP contribution in [0.5, 0.6) is 0 Å². The number of hydrogen-bond acceptors (Lipinski definition) is 4. The lowest BCUT2D eigenvalue weighted by atomic mass is 10.0. The molecule has 0 unspecified atom stereocenters. The zero-order valence-corrected chi connectivity index (χ0v) is 19.6. The highest BCUT2D eigenvalue weighted by Crippen LogP contribution is 2.38. The van der Waals surface area contributed by atoms with Gasteiger partial charge in [-0.2, -0.15) is 0 Å². The number of hydrogen-bond donors (Lipinski definition) is 1. The number of nitrogens with zero attached hydrogens (tertiary/aromatic N) is 2. The van der Waals surface area contributed by atoms with Gasteiger partial charge in [0.25, 0.3) is 0 Å². The van der Waals surface area contributed by atoms with Gasteiger partial charge in [-0.15, -0.1) is 0 Å². The second kappa shape index (κ2) is 9.37. The molecule has 3 rings (SSSR count). The van der Waals surface area contributed by atoms with Crippen molar-refractivity contribution in [2.45, 2.75) is 26.8 Å². The number of rotatable bonds is 6. The molecule has 1 aromatic heterocycles. The average molecular weight is 515 g/mol. The molecule has 5 nitrogen and oxygen atoms in total. The first kappa shape index (κ1) is 22.6. The number of benzene rings is 2. The first-order valence-corrected chi connectivity index (χ1v) is 10.7. The van der Waals surface area contributed by atoms with Gasteiger partial charge in [0.15, 0.2) is 5.69 Å². The Kier molecular flexibility index (Phi) is 7.06. The molecule has 30 heavy (non-hydrogen) atoms. The summed E-state index contributed by atoms with van der Waals surface area (Å²) >= 11 is 15.8. The maximum atomic E-state index is 13.6. The molecule has 0 saturated heterocycles. The molecule has 0 atom stereocenters. The summed E-state index contributed by atoms with van der Waals surface area (Å²) in [5.41, 5.74) is 2.21. The third-order valence-electron chi connectivity index (χ3n) is 4.31. The van der Waals surface area contributed by atoms with E-state index in [4.69, 9.17) is 27.9 Å². The Morgan fingerprint density at radius 1 is 1.27 bits per heavy atom. The predicted molar refractivity (Wildman–Crippen MR) is 121 cm³/mol. The fourth-order valence-corrected chi connectivity index (χ4v) is 3.86. The first-order valence-electron chi connectivity index (χ1n) is 9.18. The molecule has 0 amide bonds. The SMILES string of the molecule is CCOC(=O)c1cn(C(C)C)c(Nc2cc(-c3ccc(F)c(Cl)c3)c(Cl)cc2Br)n1. The number of anilines is 2. The van der Waals surface area contributed by atoms with Gasteiger partial charge < -0.3 is 14.6 Å². The Hall–Kier alpha value is -2.09. The van der Waals surface area contributed by atoms with Gasteiger partial charge in [0, 0.05) is 27.3 Å². The number of ether oxygens (including phenoxy) is 1. The van der Waals surface area contributed by atoms with Crippen LogP contribution < -0.4 is 5.32 Å². The topological polar surface area (TPSA) is 56.1 Å². The summed E-state index contributed by atoms with van der Waals surface area (Å²) in [5.74, 6) is -0.520. The molecule has 0 radical (unpaired) electrons. The largest absolute Gasteiger partial charge is 0.461 e. The number of esters is 1. The summed E-state index contributed by atoms with van der Waals surface area (Å²) in [4.78, 5) is 16.5. The highest BCUT2D eigenvalue weighted by Gasteiger charge is 2.19. The molecule has 9 heteroatoms. The molecule has 0 aliphatic carbocycles. The second-order valence-electron chi connectivity index (χ2n) is 6.74. The molecule has 2 aromatic carbocycles. The van der Waals surface area contributed by atoms with Gasteiger partial charge in [-0.3, -0.25) is 0 Å². The molecule has 1 N–H and O–H groups in total. The molecule has 0 aliphatic rings. The van der Waals surface area contributed by atoms with Crippen molar-refractivity contribution in [3.63, 3.8) is 0 Å². The van der Waals surface area contributed by atoms with E-state index in [1.165, 1.54) is 12.1 Å². The van der Waals surface area contributed by atoms with Crippen LogP contribution in [0.25, 0.3) is 11.1 Å². The number of carbonyl (C=O) groups excluding carboxylic acids is 1. The van der Waals surface area contributed by atoms with Crippen molar-refractivity contribution in [1.82, 2.24) is 9.55 Å². The maximum absolute atomic E-state index is 13.6. The van der Waals surface area contributed by atoms with Crippen LogP contribution in [0.1, 0.15) is 37.3 Å². The normalized spacial score (nSPS) is 11.1. The Morgan fingerprint density at radius 3 is 2.63 bits per heavy atom. The van der Waals surface area contributed by atoms with E-state index in [0.29, 0.717) is 32.3 Å². The third-order valence-corrected chi connectivity index (χ3v) is 5.57. The smallest absolute Gasteiger partial charge is 0.358 e. The maximum Gasteiger partial charge on any atom is 0.358 e. The van der Waals surface area contributed by atoms with Gasteiger partial charge in [-0.05, 0) is 66.5 Å². The molecule has 1 heterocycles. The van der Waals surface area contributed by atoms with Gasteiger partial charge in [0.2, 0.25) is 5.95 Å². The van der Waals surface area contributed by atoms with Crippen molar-refractivity contribution in [1.29, 1.82) is 0 Å². The Morgan fingerprint density at radius 2 is 2.00 bits per heavy atom. The summed E-state index contributed by atoms with van der Waals surface area (Å²) < 4.78 is 21.1. The predicted octanol–water partition coefficient (Wildman–Crippen LogP) is 7.26. The molecular formula is C21H19BrCl2FN3O2. The van der Waals surface area contributed by atoms with Gasteiger partial charge in [0.1, 0.15) is 5.82 Å². The monoisotopic (exact) mass is 513 g/mol. The summed E-state index contributed by atoms with van der Waals surface area (Å²) in [6.07, 6.45) is 1.65. The summed E-state index contributed by atoms with van der Waals surface area (Å²) in [7, 11) is 0. The standard InChI is InChI=1S/C21H19BrCl2FN3O2/c1-4-30-20(29)19-10-28(11(2)3)21(27-19)26-18-8-13(15(23)9-14(18)22)12-5-6-17(25)16(24)7-12/h5-11H,4H2,1-3H3,(H,26,27). The van der Waals surface area contributed by atoms with E-state index < -0.39 is 11.8 Å². The van der Waals surface area contributed by atoms with Crippen LogP contribution >= 0.6 is 39.1 Å². The summed E-state index contributed by atoms with van der Waals surface area (Å²) in [6.45, 7) is 5.96. The lowest BCUT2D eigenvalue weighted by Crippen LogP contribution is -2.05. The molecule has 0 aliphatic heterocycles. The number of imidazole rings is 1. The van der Waals surface area contributed by atoms with Crippen LogP contribution in [0, 0.1) is 5.82 Å². The van der Waals surface area contributed by atoms with Gasteiger partial charge in [0.05, 0.1) is 17.3 Å². The van der Waals surface area contributed by atoms with E-state index in [0.717, 1.165) is 0 Å². The average Bonchev–Trinajstić information content (AvgIpc) is 3.11. The fraction of sp³-hybridized carbons (Fsp3) is 0.238. The molecule has 158 valence electrons. The van der Waals surface area contributed by atoms with E-state index in [1.54, 1.807) is 31.3 Å². The highest BCUT2D eigenvalue weighted by molar-refractivity contribution is 9.10. The Balaban J connectivity index is 2.03. The minimum Gasteiger partial charge on any atom is -0.461 e. The van der Waals surface area contributed by atoms with Gasteiger partial charge in [-0.1, -0.05) is 29.3 Å². The molecule has 0 spiro atoms. The van der Waals surface area contributed by atoms with E-state index in [-0.39, 0.29) is 23.4 Å². The molecule has 0 fully saturated rings. The van der Waals surface area contributed by atoms with Crippen LogP contribution in [-0.4, -0.2) is 22.1 Å². The van der Waals surface area contributed by atoms with Crippen LogP contribution in [-0.2, 0) is 4.74 Å². The quantitative estimate of drug-likeness (QED) is 0.351. The zero-order valence-electron chi connectivity index (χ0n) is 16.5. The van der Waals surface area contributed by atoms with E-state index >= 15 is 0 Å². The van der Waals surface area contributed by atoms with E-state index in [2.05, 4.69) is 26.2 Å². The van der Waals surface area contributed by atoms with Crippen LogP contribution in [0.2, 0.25) is 10.0 Å². The van der Waals surface area contributed by atoms with Crippen molar-refractivity contribution < 1.29 is 13.9 Å². The number of carbonyl (C=O) groups is 1. The second-order valence-corrected chi connectivity index (χ2v) is 8.41. The highest BCUT2D eigenvalue weighted by atomic mass is 79.9. The number of nitrogens with one attached hydrogen (secondary N) is 1.